The summed E-state index contributed by atoms with van der Waals surface area (Å²) in [5.74, 6) is 1.25. The van der Waals surface area contributed by atoms with E-state index in [0.29, 0.717) is 29.1 Å². The lowest BCUT2D eigenvalue weighted by Gasteiger charge is -2.16. The number of thiol groups is 1. The summed E-state index contributed by atoms with van der Waals surface area (Å²) in [5, 5.41) is 34.9. The van der Waals surface area contributed by atoms with Crippen molar-refractivity contribution in [3.63, 3.8) is 0 Å². The maximum absolute atomic E-state index is 12.4. The average Bonchev–Trinajstić information content (AvgIpc) is 3.77. The second-order valence-electron chi connectivity index (χ2n) is 10.7. The van der Waals surface area contributed by atoms with Gasteiger partial charge in [0.15, 0.2) is 11.6 Å². The molecule has 0 aromatic heterocycles. The molecule has 0 saturated carbocycles. The first-order valence-electron chi connectivity index (χ1n) is 16.2. The molecule has 0 spiro atoms. The lowest BCUT2D eigenvalue weighted by atomic mass is 10.0. The van der Waals surface area contributed by atoms with Crippen LogP contribution in [0.4, 0.5) is 0 Å². The van der Waals surface area contributed by atoms with E-state index in [1.165, 1.54) is 12.8 Å². The van der Waals surface area contributed by atoms with Crippen LogP contribution >= 0.6 is 24.4 Å². The molecular formula is C40H48O7S2. The van der Waals surface area contributed by atoms with E-state index in [1.54, 1.807) is 36.0 Å². The van der Waals surface area contributed by atoms with Crippen molar-refractivity contribution in [2.24, 2.45) is 0 Å². The number of carbonyl (C=O) groups is 2. The minimum absolute atomic E-state index is 0.00704. The molecule has 1 saturated heterocycles. The Kier molecular flexibility index (Phi) is 22.4. The predicted octanol–water partition coefficient (Wildman–Crippen LogP) is 7.00. The number of thioether (sulfide) groups is 1. The maximum Gasteiger partial charge on any atom is 0.185 e. The van der Waals surface area contributed by atoms with Crippen molar-refractivity contribution in [2.45, 2.75) is 37.7 Å². The molecule has 0 bridgehead atoms. The zero-order valence-electron chi connectivity index (χ0n) is 27.8. The van der Waals surface area contributed by atoms with Crippen molar-refractivity contribution in [3.05, 3.63) is 149 Å². The molecule has 262 valence electrons. The van der Waals surface area contributed by atoms with Gasteiger partial charge in [-0.15, -0.1) is 0 Å². The van der Waals surface area contributed by atoms with E-state index in [9.17, 15) is 9.59 Å². The Bertz CT molecular complexity index is 1450. The Labute approximate surface area is 300 Å². The summed E-state index contributed by atoms with van der Waals surface area (Å²) in [6.45, 7) is 2.32. The molecule has 1 unspecified atom stereocenters. The standard InChI is InChI=1S/C18H20O3S.C16H14O2.C4H8O.C2H6OS/c19-10-11-22-18(16-8-6-14(13-20)7-9-16)12-17(21)15-4-2-1-3-5-15;17-12-14-8-6-13(7-9-14)10-11-16(18)15-4-2-1-3-5-15;1-2-4-5-3-1;3-1-2-4/h1-9,18-20H,10-13H2;1-11,17H,12H2;1-4H2;3-4H,1-2H2/b;11-10+;;. The van der Waals surface area contributed by atoms with Crippen LogP contribution in [0.3, 0.4) is 0 Å². The predicted molar refractivity (Wildman–Crippen MR) is 203 cm³/mol. The summed E-state index contributed by atoms with van der Waals surface area (Å²) in [6, 6.07) is 33.5. The number of aliphatic hydroxyl groups excluding tert-OH is 4. The summed E-state index contributed by atoms with van der Waals surface area (Å²) >= 11 is 5.25. The minimum atomic E-state index is -0.0122. The summed E-state index contributed by atoms with van der Waals surface area (Å²) in [4.78, 5) is 24.2. The Hall–Kier alpha value is -3.54. The molecule has 1 aliphatic heterocycles. The van der Waals surface area contributed by atoms with Crippen molar-refractivity contribution in [3.8, 4) is 0 Å². The highest BCUT2D eigenvalue weighted by molar-refractivity contribution is 7.99. The number of Topliss-reactive ketones (excluding diaryl/α,β-unsaturated/α-hetero) is 1. The Balaban J connectivity index is 0.000000274. The Morgan fingerprint density at radius 3 is 1.67 bits per heavy atom. The SMILES string of the molecule is C1CCOC1.O=C(/C=C/c1ccc(CO)cc1)c1ccccc1.O=C(CC(SCCO)c1ccc(CO)cc1)c1ccccc1.OCCS. The van der Waals surface area contributed by atoms with Crippen LogP contribution in [0.25, 0.3) is 6.08 Å². The molecule has 0 radical (unpaired) electrons. The summed E-state index contributed by atoms with van der Waals surface area (Å²) in [7, 11) is 0. The highest BCUT2D eigenvalue weighted by Crippen LogP contribution is 2.33. The molecule has 1 aliphatic rings. The topological polar surface area (TPSA) is 124 Å². The van der Waals surface area contributed by atoms with E-state index in [0.717, 1.165) is 35.5 Å². The van der Waals surface area contributed by atoms with Crippen molar-refractivity contribution in [1.82, 2.24) is 0 Å². The zero-order chi connectivity index (χ0) is 35.5. The Morgan fingerprint density at radius 2 is 1.22 bits per heavy atom. The first-order chi connectivity index (χ1) is 23.9. The fraction of sp³-hybridized carbons (Fsp3) is 0.300. The van der Waals surface area contributed by atoms with Gasteiger partial charge in [-0.25, -0.2) is 0 Å². The van der Waals surface area contributed by atoms with E-state index in [1.807, 2.05) is 97.1 Å². The van der Waals surface area contributed by atoms with Crippen molar-refractivity contribution >= 4 is 42.0 Å². The van der Waals surface area contributed by atoms with Crippen LogP contribution in [0.1, 0.15) is 67.5 Å². The number of rotatable bonds is 13. The number of ketones is 2. The van der Waals surface area contributed by atoms with E-state index < -0.39 is 0 Å². The number of benzene rings is 4. The number of aliphatic hydroxyl groups is 4. The molecule has 9 heteroatoms. The highest BCUT2D eigenvalue weighted by atomic mass is 32.2. The molecule has 4 aromatic rings. The van der Waals surface area contributed by atoms with Crippen LogP contribution in [0.15, 0.2) is 115 Å². The molecular weight excluding hydrogens is 657 g/mol. The fourth-order valence-electron chi connectivity index (χ4n) is 4.33. The molecule has 5 rings (SSSR count). The van der Waals surface area contributed by atoms with Gasteiger partial charge in [-0.05, 0) is 41.2 Å². The van der Waals surface area contributed by atoms with Crippen LogP contribution in [-0.4, -0.2) is 69.9 Å². The van der Waals surface area contributed by atoms with Crippen molar-refractivity contribution in [1.29, 1.82) is 0 Å². The molecule has 4 N–H and O–H groups in total. The van der Waals surface area contributed by atoms with Crippen LogP contribution < -0.4 is 0 Å². The maximum atomic E-state index is 12.4. The van der Waals surface area contributed by atoms with Gasteiger partial charge in [0.25, 0.3) is 0 Å². The monoisotopic (exact) mass is 704 g/mol. The van der Waals surface area contributed by atoms with Crippen LogP contribution in [0, 0.1) is 0 Å². The minimum Gasteiger partial charge on any atom is -0.396 e. The van der Waals surface area contributed by atoms with Gasteiger partial charge in [0, 0.05) is 47.5 Å². The molecule has 1 heterocycles. The van der Waals surface area contributed by atoms with Gasteiger partial charge in [-0.3, -0.25) is 9.59 Å². The molecule has 1 fully saturated rings. The third-order valence-electron chi connectivity index (χ3n) is 6.99. The first kappa shape index (κ1) is 41.6. The van der Waals surface area contributed by atoms with Gasteiger partial charge in [0.2, 0.25) is 0 Å². The van der Waals surface area contributed by atoms with Gasteiger partial charge in [-0.1, -0.05) is 115 Å². The second-order valence-corrected chi connectivity index (χ2v) is 12.5. The molecule has 0 amide bonds. The lowest BCUT2D eigenvalue weighted by molar-refractivity contribution is 0.0981. The first-order valence-corrected chi connectivity index (χ1v) is 17.9. The third-order valence-corrected chi connectivity index (χ3v) is 8.45. The fourth-order valence-corrected chi connectivity index (χ4v) is 5.34. The Morgan fingerprint density at radius 1 is 0.714 bits per heavy atom. The van der Waals surface area contributed by atoms with E-state index in [-0.39, 0.29) is 43.2 Å². The highest BCUT2D eigenvalue weighted by Gasteiger charge is 2.17. The number of ether oxygens (including phenoxy) is 1. The molecule has 0 aliphatic carbocycles. The van der Waals surface area contributed by atoms with Crippen molar-refractivity contribution < 1.29 is 34.8 Å². The molecule has 1 atom stereocenters. The summed E-state index contributed by atoms with van der Waals surface area (Å²) in [6.07, 6.45) is 6.28. The zero-order valence-corrected chi connectivity index (χ0v) is 29.5. The number of hydrogen-bond acceptors (Lipinski definition) is 9. The van der Waals surface area contributed by atoms with Gasteiger partial charge >= 0.3 is 0 Å². The lowest BCUT2D eigenvalue weighted by Crippen LogP contribution is -2.07. The smallest absolute Gasteiger partial charge is 0.185 e. The summed E-state index contributed by atoms with van der Waals surface area (Å²) in [5.41, 5.74) is 5.09. The normalized spacial score (nSPS) is 12.4. The van der Waals surface area contributed by atoms with Crippen LogP contribution in [0.2, 0.25) is 0 Å². The van der Waals surface area contributed by atoms with E-state index >= 15 is 0 Å². The van der Waals surface area contributed by atoms with Crippen molar-refractivity contribution in [2.75, 3.05) is 37.9 Å². The summed E-state index contributed by atoms with van der Waals surface area (Å²) < 4.78 is 4.94. The van der Waals surface area contributed by atoms with Gasteiger partial charge in [0.05, 0.1) is 26.4 Å². The number of carbonyl (C=O) groups excluding carboxylic acids is 2. The van der Waals surface area contributed by atoms with E-state index in [2.05, 4.69) is 12.6 Å². The van der Waals surface area contributed by atoms with Crippen LogP contribution in [-0.2, 0) is 18.0 Å². The van der Waals surface area contributed by atoms with Gasteiger partial charge < -0.3 is 25.2 Å². The largest absolute Gasteiger partial charge is 0.396 e. The number of hydrogen-bond donors (Lipinski definition) is 5. The van der Waals surface area contributed by atoms with Crippen LogP contribution in [0.5, 0.6) is 0 Å². The second kappa shape index (κ2) is 26.3. The van der Waals surface area contributed by atoms with E-state index in [4.69, 9.17) is 25.2 Å². The van der Waals surface area contributed by atoms with Gasteiger partial charge in [0.1, 0.15) is 0 Å². The third kappa shape index (κ3) is 17.6. The molecule has 7 nitrogen and oxygen atoms in total. The molecule has 49 heavy (non-hydrogen) atoms. The molecule has 4 aromatic carbocycles. The average molecular weight is 705 g/mol. The van der Waals surface area contributed by atoms with Gasteiger partial charge in [-0.2, -0.15) is 24.4 Å². The quantitative estimate of drug-likeness (QED) is 0.0573. The number of allylic oxidation sites excluding steroid dienone is 1.